The summed E-state index contributed by atoms with van der Waals surface area (Å²) in [5, 5.41) is 17.5. The van der Waals surface area contributed by atoms with Crippen LogP contribution in [0.25, 0.3) is 0 Å². The Bertz CT molecular complexity index is 996. The quantitative estimate of drug-likeness (QED) is 0.464. The molecular weight excluding hydrogens is 370 g/mol. The number of amides is 1. The topological polar surface area (TPSA) is 110 Å². The zero-order valence-electron chi connectivity index (χ0n) is 16.1. The Labute approximate surface area is 168 Å². The van der Waals surface area contributed by atoms with E-state index in [9.17, 15) is 14.9 Å². The molecule has 0 bridgehead atoms. The SMILES string of the molecule is CC(NC(=O)c1ccc(NC(C)c2ccccn2)c([N+](=O)[O-])c1)c1ccccn1. The molecular formula is C21H21N5O3. The van der Waals surface area contributed by atoms with Crippen molar-refractivity contribution in [2.24, 2.45) is 0 Å². The third-order valence-electron chi connectivity index (χ3n) is 4.44. The van der Waals surface area contributed by atoms with Gasteiger partial charge in [-0.3, -0.25) is 24.9 Å². The first-order valence-corrected chi connectivity index (χ1v) is 9.13. The molecule has 0 saturated heterocycles. The van der Waals surface area contributed by atoms with Crippen molar-refractivity contribution in [3.05, 3.63) is 94.1 Å². The number of pyridine rings is 2. The summed E-state index contributed by atoms with van der Waals surface area (Å²) >= 11 is 0. The van der Waals surface area contributed by atoms with E-state index >= 15 is 0 Å². The first-order valence-electron chi connectivity index (χ1n) is 9.13. The van der Waals surface area contributed by atoms with E-state index in [1.54, 1.807) is 43.6 Å². The molecule has 0 aliphatic carbocycles. The second kappa shape index (κ2) is 8.92. The average Bonchev–Trinajstić information content (AvgIpc) is 2.75. The van der Waals surface area contributed by atoms with Gasteiger partial charge in [-0.1, -0.05) is 12.1 Å². The van der Waals surface area contributed by atoms with E-state index < -0.39 is 10.8 Å². The van der Waals surface area contributed by atoms with Crippen molar-refractivity contribution in [3.63, 3.8) is 0 Å². The van der Waals surface area contributed by atoms with Gasteiger partial charge in [-0.15, -0.1) is 0 Å². The van der Waals surface area contributed by atoms with E-state index in [0.29, 0.717) is 11.4 Å². The maximum Gasteiger partial charge on any atom is 0.293 e. The van der Waals surface area contributed by atoms with Crippen molar-refractivity contribution >= 4 is 17.3 Å². The molecule has 8 heteroatoms. The second-order valence-corrected chi connectivity index (χ2v) is 6.56. The normalized spacial score (nSPS) is 12.6. The summed E-state index contributed by atoms with van der Waals surface area (Å²) in [6, 6.07) is 14.7. The number of aromatic nitrogens is 2. The zero-order chi connectivity index (χ0) is 20.8. The molecule has 8 nitrogen and oxygen atoms in total. The van der Waals surface area contributed by atoms with E-state index in [1.165, 1.54) is 12.1 Å². The van der Waals surface area contributed by atoms with Crippen LogP contribution in [0.1, 0.15) is 47.7 Å². The Balaban J connectivity index is 1.78. The molecule has 2 N–H and O–H groups in total. The molecule has 3 rings (SSSR count). The number of hydrogen-bond acceptors (Lipinski definition) is 6. The number of hydrogen-bond donors (Lipinski definition) is 2. The molecule has 2 heterocycles. The number of carbonyl (C=O) groups excluding carboxylic acids is 1. The van der Waals surface area contributed by atoms with Gasteiger partial charge in [-0.2, -0.15) is 0 Å². The highest BCUT2D eigenvalue weighted by molar-refractivity contribution is 5.96. The molecule has 0 aliphatic rings. The molecule has 0 fully saturated rings. The summed E-state index contributed by atoms with van der Waals surface area (Å²) in [5.74, 6) is -0.407. The number of nitro benzene ring substituents is 1. The van der Waals surface area contributed by atoms with Crippen LogP contribution >= 0.6 is 0 Å². The van der Waals surface area contributed by atoms with Crippen LogP contribution in [0.3, 0.4) is 0 Å². The lowest BCUT2D eigenvalue weighted by atomic mass is 10.1. The number of rotatable bonds is 7. The molecule has 0 aliphatic heterocycles. The average molecular weight is 391 g/mol. The van der Waals surface area contributed by atoms with E-state index in [0.717, 1.165) is 5.69 Å². The standard InChI is InChI=1S/C21H21N5O3/c1-14(17-7-3-5-11-22-17)24-19-10-9-16(13-20(19)26(28)29)21(27)25-15(2)18-8-4-6-12-23-18/h3-15,24H,1-2H3,(H,25,27). The zero-order valence-corrected chi connectivity index (χ0v) is 16.1. The highest BCUT2D eigenvalue weighted by atomic mass is 16.6. The van der Waals surface area contributed by atoms with Gasteiger partial charge in [0.05, 0.1) is 28.4 Å². The highest BCUT2D eigenvalue weighted by Crippen LogP contribution is 2.29. The molecule has 0 spiro atoms. The molecule has 29 heavy (non-hydrogen) atoms. The molecule has 1 amide bonds. The monoisotopic (exact) mass is 391 g/mol. The van der Waals surface area contributed by atoms with Gasteiger partial charge < -0.3 is 10.6 Å². The van der Waals surface area contributed by atoms with Crippen LogP contribution in [0, 0.1) is 10.1 Å². The van der Waals surface area contributed by atoms with Crippen LogP contribution in [0.5, 0.6) is 0 Å². The number of nitrogens with one attached hydrogen (secondary N) is 2. The maximum absolute atomic E-state index is 12.6. The fourth-order valence-corrected chi connectivity index (χ4v) is 2.87. The lowest BCUT2D eigenvalue weighted by molar-refractivity contribution is -0.384. The Morgan fingerprint density at radius 3 is 2.14 bits per heavy atom. The molecule has 2 atom stereocenters. The Morgan fingerprint density at radius 2 is 1.59 bits per heavy atom. The van der Waals surface area contributed by atoms with Crippen molar-refractivity contribution < 1.29 is 9.72 Å². The first-order chi connectivity index (χ1) is 14.0. The number of nitro groups is 1. The molecule has 148 valence electrons. The summed E-state index contributed by atoms with van der Waals surface area (Å²) in [7, 11) is 0. The largest absolute Gasteiger partial charge is 0.371 e. The van der Waals surface area contributed by atoms with Crippen LogP contribution in [-0.4, -0.2) is 20.8 Å². The van der Waals surface area contributed by atoms with E-state index in [-0.39, 0.29) is 23.3 Å². The van der Waals surface area contributed by atoms with Gasteiger partial charge >= 0.3 is 0 Å². The number of benzene rings is 1. The Morgan fingerprint density at radius 1 is 0.966 bits per heavy atom. The predicted molar refractivity (Wildman–Crippen MR) is 109 cm³/mol. The number of carbonyl (C=O) groups is 1. The maximum atomic E-state index is 12.6. The van der Waals surface area contributed by atoms with E-state index in [4.69, 9.17) is 0 Å². The molecule has 0 radical (unpaired) electrons. The lowest BCUT2D eigenvalue weighted by Crippen LogP contribution is -2.27. The second-order valence-electron chi connectivity index (χ2n) is 6.56. The number of anilines is 1. The highest BCUT2D eigenvalue weighted by Gasteiger charge is 2.20. The molecule has 3 aromatic rings. The van der Waals surface area contributed by atoms with Crippen molar-refractivity contribution in [2.75, 3.05) is 5.32 Å². The number of nitrogens with zero attached hydrogens (tertiary/aromatic N) is 3. The Kier molecular flexibility index (Phi) is 6.13. The summed E-state index contributed by atoms with van der Waals surface area (Å²) < 4.78 is 0. The minimum Gasteiger partial charge on any atom is -0.371 e. The third kappa shape index (κ3) is 4.92. The van der Waals surface area contributed by atoms with Gasteiger partial charge in [0, 0.05) is 24.0 Å². The lowest BCUT2D eigenvalue weighted by Gasteiger charge is -2.16. The summed E-state index contributed by atoms with van der Waals surface area (Å²) in [5.41, 5.74) is 1.81. The van der Waals surface area contributed by atoms with Gasteiger partial charge in [0.2, 0.25) is 0 Å². The van der Waals surface area contributed by atoms with Crippen LogP contribution in [0.2, 0.25) is 0 Å². The van der Waals surface area contributed by atoms with Crippen molar-refractivity contribution in [2.45, 2.75) is 25.9 Å². The summed E-state index contributed by atoms with van der Waals surface area (Å²) in [4.78, 5) is 32.1. The molecule has 2 aromatic heterocycles. The molecule has 2 unspecified atom stereocenters. The first kappa shape index (κ1) is 19.9. The minimum atomic E-state index is -0.508. The van der Waals surface area contributed by atoms with Crippen LogP contribution in [0.15, 0.2) is 67.0 Å². The molecule has 0 saturated carbocycles. The van der Waals surface area contributed by atoms with Crippen molar-refractivity contribution in [1.82, 2.24) is 15.3 Å². The predicted octanol–water partition coefficient (Wildman–Crippen LogP) is 4.05. The summed E-state index contributed by atoms with van der Waals surface area (Å²) in [6.07, 6.45) is 3.31. The van der Waals surface area contributed by atoms with Gasteiger partial charge in [0.15, 0.2) is 0 Å². The fourth-order valence-electron chi connectivity index (χ4n) is 2.87. The van der Waals surface area contributed by atoms with Crippen LogP contribution < -0.4 is 10.6 Å². The summed E-state index contributed by atoms with van der Waals surface area (Å²) in [6.45, 7) is 3.67. The van der Waals surface area contributed by atoms with Crippen LogP contribution in [0.4, 0.5) is 11.4 Å². The molecule has 1 aromatic carbocycles. The smallest absolute Gasteiger partial charge is 0.293 e. The minimum absolute atomic E-state index is 0.175. The van der Waals surface area contributed by atoms with Crippen LogP contribution in [-0.2, 0) is 0 Å². The van der Waals surface area contributed by atoms with Gasteiger partial charge in [0.25, 0.3) is 11.6 Å². The van der Waals surface area contributed by atoms with Gasteiger partial charge in [-0.05, 0) is 50.2 Å². The third-order valence-corrected chi connectivity index (χ3v) is 4.44. The van der Waals surface area contributed by atoms with Gasteiger partial charge in [-0.25, -0.2) is 0 Å². The Hall–Kier alpha value is -3.81. The fraction of sp³-hybridized carbons (Fsp3) is 0.190. The van der Waals surface area contributed by atoms with Crippen molar-refractivity contribution in [1.29, 1.82) is 0 Å². The van der Waals surface area contributed by atoms with Gasteiger partial charge in [0.1, 0.15) is 5.69 Å². The van der Waals surface area contributed by atoms with E-state index in [2.05, 4.69) is 20.6 Å². The van der Waals surface area contributed by atoms with Crippen molar-refractivity contribution in [3.8, 4) is 0 Å². The van der Waals surface area contributed by atoms with E-state index in [1.807, 2.05) is 25.1 Å².